The number of hydrogen-bond donors (Lipinski definition) is 1. The summed E-state index contributed by atoms with van der Waals surface area (Å²) in [6.45, 7) is 3.04. The molecule has 2 nitrogen and oxygen atoms in total. The van der Waals surface area contributed by atoms with Crippen LogP contribution in [0.2, 0.25) is 5.02 Å². The molecule has 0 aromatic heterocycles. The molecule has 2 aliphatic rings. The Morgan fingerprint density at radius 3 is 2.46 bits per heavy atom. The first-order valence-electron chi connectivity index (χ1n) is 10.9. The highest BCUT2D eigenvalue weighted by atomic mass is 35.5. The van der Waals surface area contributed by atoms with Crippen molar-refractivity contribution >= 4 is 11.6 Å². The Balaban J connectivity index is 1.34. The summed E-state index contributed by atoms with van der Waals surface area (Å²) in [5.41, 5.74) is 2.63. The molecule has 1 unspecified atom stereocenters. The molecule has 1 aliphatic carbocycles. The second-order valence-electron chi connectivity index (χ2n) is 8.82. The molecule has 2 aromatic rings. The van der Waals surface area contributed by atoms with E-state index >= 15 is 0 Å². The average Bonchev–Trinajstić information content (AvgIpc) is 2.68. The molecule has 0 spiro atoms. The topological polar surface area (TPSA) is 23.5 Å². The van der Waals surface area contributed by atoms with Gasteiger partial charge in [0.1, 0.15) is 0 Å². The fourth-order valence-corrected chi connectivity index (χ4v) is 5.27. The van der Waals surface area contributed by atoms with Crippen molar-refractivity contribution in [1.82, 2.24) is 4.90 Å². The number of aryl methyl sites for hydroxylation is 1. The van der Waals surface area contributed by atoms with E-state index in [4.69, 9.17) is 11.6 Å². The molecular formula is C25H32ClNO. The van der Waals surface area contributed by atoms with Crippen molar-refractivity contribution in [3.05, 3.63) is 70.7 Å². The Hall–Kier alpha value is -1.35. The van der Waals surface area contributed by atoms with Gasteiger partial charge in [0.25, 0.3) is 0 Å². The van der Waals surface area contributed by atoms with E-state index in [0.717, 1.165) is 49.8 Å². The van der Waals surface area contributed by atoms with E-state index in [0.29, 0.717) is 0 Å². The second-order valence-corrected chi connectivity index (χ2v) is 9.26. The number of likely N-dealkylation sites (tertiary alicyclic amines) is 1. The molecule has 1 aliphatic heterocycles. The van der Waals surface area contributed by atoms with Crippen LogP contribution in [0.1, 0.15) is 49.7 Å². The second kappa shape index (κ2) is 8.98. The largest absolute Gasteiger partial charge is 0.391 e. The third-order valence-corrected chi connectivity index (χ3v) is 7.27. The highest BCUT2D eigenvalue weighted by Gasteiger charge is 2.45. The minimum Gasteiger partial charge on any atom is -0.391 e. The van der Waals surface area contributed by atoms with Crippen LogP contribution in [0.15, 0.2) is 54.6 Å². The van der Waals surface area contributed by atoms with Crippen molar-refractivity contribution < 1.29 is 5.11 Å². The average molecular weight is 398 g/mol. The first kappa shape index (κ1) is 19.9. The lowest BCUT2D eigenvalue weighted by Gasteiger charge is -2.48. The van der Waals surface area contributed by atoms with Gasteiger partial charge in [0.2, 0.25) is 0 Å². The standard InChI is InChI=1S/C25H32ClNO/c26-23-13-11-22(12-14-23)25(15-5-16-25)24(28)19-27-17-4-8-21(18-27)10-9-20-6-2-1-3-7-20/h1-3,6-7,11-14,21,24,28H,4-5,8-10,15-19H2/t21-,24?/m0/s1. The van der Waals surface area contributed by atoms with Gasteiger partial charge in [0.05, 0.1) is 6.10 Å². The molecule has 1 saturated heterocycles. The number of aliphatic hydroxyl groups excluding tert-OH is 1. The van der Waals surface area contributed by atoms with Crippen molar-refractivity contribution in [2.75, 3.05) is 19.6 Å². The Morgan fingerprint density at radius 1 is 1.04 bits per heavy atom. The molecule has 28 heavy (non-hydrogen) atoms. The summed E-state index contributed by atoms with van der Waals surface area (Å²) in [5.74, 6) is 0.744. The van der Waals surface area contributed by atoms with E-state index in [1.165, 1.54) is 36.8 Å². The zero-order valence-corrected chi connectivity index (χ0v) is 17.5. The summed E-state index contributed by atoms with van der Waals surface area (Å²) in [6.07, 6.45) is 8.06. The zero-order chi connectivity index (χ0) is 19.4. The molecule has 0 amide bonds. The van der Waals surface area contributed by atoms with Crippen molar-refractivity contribution in [1.29, 1.82) is 0 Å². The number of hydrogen-bond acceptors (Lipinski definition) is 2. The minimum atomic E-state index is -0.296. The fourth-order valence-electron chi connectivity index (χ4n) is 5.14. The van der Waals surface area contributed by atoms with Crippen LogP contribution in [0.3, 0.4) is 0 Å². The third-order valence-electron chi connectivity index (χ3n) is 7.02. The van der Waals surface area contributed by atoms with Crippen LogP contribution in [0, 0.1) is 5.92 Å². The number of β-amino-alcohol motifs (C(OH)–C–C–N with tert-alkyl or cyclic N) is 1. The Morgan fingerprint density at radius 2 is 1.79 bits per heavy atom. The lowest BCUT2D eigenvalue weighted by Crippen LogP contribution is -2.52. The quantitative estimate of drug-likeness (QED) is 0.669. The van der Waals surface area contributed by atoms with E-state index in [9.17, 15) is 5.11 Å². The summed E-state index contributed by atoms with van der Waals surface area (Å²) in [7, 11) is 0. The highest BCUT2D eigenvalue weighted by molar-refractivity contribution is 6.30. The van der Waals surface area contributed by atoms with E-state index in [1.807, 2.05) is 12.1 Å². The van der Waals surface area contributed by atoms with Crippen molar-refractivity contribution in [2.24, 2.45) is 5.92 Å². The SMILES string of the molecule is OC(CN1CCC[C@@H](CCc2ccccc2)C1)C1(c2ccc(Cl)cc2)CCC1. The molecule has 0 radical (unpaired) electrons. The van der Waals surface area contributed by atoms with Crippen LogP contribution >= 0.6 is 11.6 Å². The Bertz CT molecular complexity index is 741. The van der Waals surface area contributed by atoms with Gasteiger partial charge in [-0.1, -0.05) is 60.5 Å². The van der Waals surface area contributed by atoms with Gasteiger partial charge in [-0.25, -0.2) is 0 Å². The number of benzene rings is 2. The van der Waals surface area contributed by atoms with Crippen LogP contribution < -0.4 is 0 Å². The zero-order valence-electron chi connectivity index (χ0n) is 16.7. The van der Waals surface area contributed by atoms with Gasteiger partial charge >= 0.3 is 0 Å². The summed E-state index contributed by atoms with van der Waals surface area (Å²) < 4.78 is 0. The number of piperidine rings is 1. The van der Waals surface area contributed by atoms with Crippen molar-refractivity contribution in [2.45, 2.75) is 56.5 Å². The lowest BCUT2D eigenvalue weighted by atomic mass is 9.61. The van der Waals surface area contributed by atoms with E-state index in [2.05, 4.69) is 47.4 Å². The first-order chi connectivity index (χ1) is 13.7. The van der Waals surface area contributed by atoms with Crippen molar-refractivity contribution in [3.63, 3.8) is 0 Å². The molecule has 1 heterocycles. The van der Waals surface area contributed by atoms with Crippen LogP contribution in [0.5, 0.6) is 0 Å². The molecule has 3 heteroatoms. The smallest absolute Gasteiger partial charge is 0.0763 e. The summed E-state index contributed by atoms with van der Waals surface area (Å²) in [4.78, 5) is 2.51. The Labute approximate surface area is 174 Å². The van der Waals surface area contributed by atoms with Crippen LogP contribution in [-0.4, -0.2) is 35.7 Å². The normalized spacial score (nSPS) is 23.1. The molecule has 150 valence electrons. The van der Waals surface area contributed by atoms with Crippen LogP contribution in [0.4, 0.5) is 0 Å². The van der Waals surface area contributed by atoms with Gasteiger partial charge in [-0.2, -0.15) is 0 Å². The van der Waals surface area contributed by atoms with E-state index in [1.54, 1.807) is 0 Å². The predicted octanol–water partition coefficient (Wildman–Crippen LogP) is 5.47. The highest BCUT2D eigenvalue weighted by Crippen LogP contribution is 2.47. The molecule has 2 fully saturated rings. The van der Waals surface area contributed by atoms with E-state index < -0.39 is 0 Å². The molecular weight excluding hydrogens is 366 g/mol. The fraction of sp³-hybridized carbons (Fsp3) is 0.520. The van der Waals surface area contributed by atoms with Gasteiger partial charge in [0.15, 0.2) is 0 Å². The lowest BCUT2D eigenvalue weighted by molar-refractivity contribution is -0.00655. The van der Waals surface area contributed by atoms with Gasteiger partial charge < -0.3 is 10.0 Å². The monoisotopic (exact) mass is 397 g/mol. The molecule has 1 saturated carbocycles. The predicted molar refractivity (Wildman–Crippen MR) is 117 cm³/mol. The van der Waals surface area contributed by atoms with Crippen LogP contribution in [0.25, 0.3) is 0 Å². The number of rotatable bonds is 7. The molecule has 0 bridgehead atoms. The third kappa shape index (κ3) is 4.45. The van der Waals surface area contributed by atoms with Crippen molar-refractivity contribution in [3.8, 4) is 0 Å². The maximum absolute atomic E-state index is 11.2. The number of halogens is 1. The van der Waals surface area contributed by atoms with E-state index in [-0.39, 0.29) is 11.5 Å². The number of aliphatic hydroxyl groups is 1. The first-order valence-corrected chi connectivity index (χ1v) is 11.2. The molecule has 2 atom stereocenters. The summed E-state index contributed by atoms with van der Waals surface area (Å²) in [5, 5.41) is 12.0. The van der Waals surface area contributed by atoms with Gasteiger partial charge in [-0.15, -0.1) is 0 Å². The minimum absolute atomic E-state index is 0.0679. The summed E-state index contributed by atoms with van der Waals surface area (Å²) in [6, 6.07) is 19.0. The van der Waals surface area contributed by atoms with Gasteiger partial charge in [-0.05, 0) is 74.2 Å². The molecule has 1 N–H and O–H groups in total. The van der Waals surface area contributed by atoms with Gasteiger partial charge in [-0.3, -0.25) is 0 Å². The van der Waals surface area contributed by atoms with Crippen LogP contribution in [-0.2, 0) is 11.8 Å². The summed E-state index contributed by atoms with van der Waals surface area (Å²) >= 11 is 6.08. The number of nitrogens with zero attached hydrogens (tertiary/aromatic N) is 1. The maximum Gasteiger partial charge on any atom is 0.0763 e. The van der Waals surface area contributed by atoms with Gasteiger partial charge in [0, 0.05) is 23.5 Å². The maximum atomic E-state index is 11.2. The molecule has 2 aromatic carbocycles. The Kier molecular flexibility index (Phi) is 6.40. The molecule has 4 rings (SSSR count).